The number of methoxy groups -OCH3 is 2. The fraction of sp³-hybridized carbons (Fsp3) is 0.533. The van der Waals surface area contributed by atoms with Crippen molar-refractivity contribution in [2.45, 2.75) is 31.6 Å². The molecule has 0 aromatic heterocycles. The third-order valence-corrected chi connectivity index (χ3v) is 3.90. The zero-order valence-electron chi connectivity index (χ0n) is 11.4. The van der Waals surface area contributed by atoms with E-state index in [9.17, 15) is 9.90 Å². The van der Waals surface area contributed by atoms with Crippen molar-refractivity contribution in [3.63, 3.8) is 0 Å². The minimum atomic E-state index is -0.751. The van der Waals surface area contributed by atoms with Crippen molar-refractivity contribution in [3.8, 4) is 11.5 Å². The number of carbonyl (C=O) groups is 1. The Morgan fingerprint density at radius 1 is 1.21 bits per heavy atom. The van der Waals surface area contributed by atoms with Crippen LogP contribution >= 0.6 is 0 Å². The molecule has 1 aliphatic carbocycles. The summed E-state index contributed by atoms with van der Waals surface area (Å²) >= 11 is 0. The maximum Gasteiger partial charge on any atom is 0.311 e. The van der Waals surface area contributed by atoms with E-state index in [1.807, 2.05) is 6.07 Å². The molecular weight excluding hydrogens is 244 g/mol. The lowest BCUT2D eigenvalue weighted by Gasteiger charge is -2.20. The molecule has 0 aliphatic heterocycles. The van der Waals surface area contributed by atoms with E-state index in [2.05, 4.69) is 0 Å². The largest absolute Gasteiger partial charge is 0.493 e. The third kappa shape index (κ3) is 2.83. The first-order valence-electron chi connectivity index (χ1n) is 6.62. The second-order valence-corrected chi connectivity index (χ2v) is 4.97. The highest BCUT2D eigenvalue weighted by molar-refractivity contribution is 5.77. The average molecular weight is 264 g/mol. The molecule has 0 spiro atoms. The summed E-state index contributed by atoms with van der Waals surface area (Å²) < 4.78 is 10.4. The van der Waals surface area contributed by atoms with Crippen molar-refractivity contribution in [1.29, 1.82) is 0 Å². The SMILES string of the molecule is COc1ccc(C(C(=O)O)C2CCCC2)cc1OC. The molecule has 1 saturated carbocycles. The fourth-order valence-electron chi connectivity index (χ4n) is 2.95. The number of ether oxygens (including phenoxy) is 2. The van der Waals surface area contributed by atoms with Gasteiger partial charge >= 0.3 is 5.97 Å². The van der Waals surface area contributed by atoms with E-state index in [1.165, 1.54) is 0 Å². The van der Waals surface area contributed by atoms with Crippen LogP contribution in [0.2, 0.25) is 0 Å². The highest BCUT2D eigenvalue weighted by Crippen LogP contribution is 2.40. The highest BCUT2D eigenvalue weighted by Gasteiger charge is 2.32. The van der Waals surface area contributed by atoms with Crippen LogP contribution in [0.5, 0.6) is 11.5 Å². The molecule has 4 nitrogen and oxygen atoms in total. The summed E-state index contributed by atoms with van der Waals surface area (Å²) in [6, 6.07) is 5.40. The Morgan fingerprint density at radius 2 is 1.84 bits per heavy atom. The molecule has 0 bridgehead atoms. The van der Waals surface area contributed by atoms with Crippen molar-refractivity contribution in [2.24, 2.45) is 5.92 Å². The van der Waals surface area contributed by atoms with E-state index < -0.39 is 11.9 Å². The second kappa shape index (κ2) is 5.95. The Morgan fingerprint density at radius 3 is 2.37 bits per heavy atom. The van der Waals surface area contributed by atoms with Crippen LogP contribution in [0.1, 0.15) is 37.2 Å². The van der Waals surface area contributed by atoms with E-state index >= 15 is 0 Å². The van der Waals surface area contributed by atoms with Gasteiger partial charge in [-0.2, -0.15) is 0 Å². The van der Waals surface area contributed by atoms with Crippen molar-refractivity contribution in [2.75, 3.05) is 14.2 Å². The van der Waals surface area contributed by atoms with Gasteiger partial charge in [0.05, 0.1) is 20.1 Å². The Bertz CT molecular complexity index is 449. The van der Waals surface area contributed by atoms with E-state index in [0.717, 1.165) is 31.2 Å². The van der Waals surface area contributed by atoms with Gasteiger partial charge in [0.2, 0.25) is 0 Å². The van der Waals surface area contributed by atoms with Crippen molar-refractivity contribution in [1.82, 2.24) is 0 Å². The van der Waals surface area contributed by atoms with Gasteiger partial charge in [-0.25, -0.2) is 0 Å². The number of rotatable bonds is 5. The number of hydrogen-bond acceptors (Lipinski definition) is 3. The number of carboxylic acids is 1. The second-order valence-electron chi connectivity index (χ2n) is 4.97. The first-order chi connectivity index (χ1) is 9.17. The molecule has 19 heavy (non-hydrogen) atoms. The maximum absolute atomic E-state index is 11.6. The molecule has 1 N–H and O–H groups in total. The smallest absolute Gasteiger partial charge is 0.311 e. The molecule has 1 atom stereocenters. The van der Waals surface area contributed by atoms with Gasteiger partial charge in [0.1, 0.15) is 0 Å². The Balaban J connectivity index is 2.33. The lowest BCUT2D eigenvalue weighted by atomic mass is 9.85. The molecule has 0 saturated heterocycles. The molecule has 1 aliphatic rings. The molecule has 104 valence electrons. The summed E-state index contributed by atoms with van der Waals surface area (Å²) in [4.78, 5) is 11.6. The summed E-state index contributed by atoms with van der Waals surface area (Å²) in [5.74, 6) is 0.253. The Kier molecular flexibility index (Phi) is 4.30. The van der Waals surface area contributed by atoms with Crippen LogP contribution < -0.4 is 9.47 Å². The predicted octanol–water partition coefficient (Wildman–Crippen LogP) is 3.06. The summed E-state index contributed by atoms with van der Waals surface area (Å²) in [6.07, 6.45) is 4.24. The number of aliphatic carboxylic acids is 1. The fourth-order valence-corrected chi connectivity index (χ4v) is 2.95. The van der Waals surface area contributed by atoms with Gasteiger partial charge in [-0.05, 0) is 36.5 Å². The lowest BCUT2D eigenvalue weighted by Crippen LogP contribution is -2.19. The van der Waals surface area contributed by atoms with E-state index in [0.29, 0.717) is 11.5 Å². The molecule has 0 amide bonds. The molecule has 1 fully saturated rings. The van der Waals surface area contributed by atoms with Crippen LogP contribution in [-0.2, 0) is 4.79 Å². The first-order valence-corrected chi connectivity index (χ1v) is 6.62. The molecular formula is C15H20O4. The molecule has 4 heteroatoms. The summed E-state index contributed by atoms with van der Waals surface area (Å²) in [5.41, 5.74) is 0.803. The van der Waals surface area contributed by atoms with Crippen molar-refractivity contribution < 1.29 is 19.4 Å². The van der Waals surface area contributed by atoms with Crippen LogP contribution in [0.15, 0.2) is 18.2 Å². The Hall–Kier alpha value is -1.71. The highest BCUT2D eigenvalue weighted by atomic mass is 16.5. The van der Waals surface area contributed by atoms with Crippen LogP contribution in [0.4, 0.5) is 0 Å². The molecule has 1 aromatic carbocycles. The van der Waals surface area contributed by atoms with Gasteiger partial charge in [-0.15, -0.1) is 0 Å². The van der Waals surface area contributed by atoms with Crippen LogP contribution in [0.25, 0.3) is 0 Å². The van der Waals surface area contributed by atoms with Gasteiger partial charge < -0.3 is 14.6 Å². The van der Waals surface area contributed by atoms with E-state index in [4.69, 9.17) is 9.47 Å². The molecule has 0 radical (unpaired) electrons. The van der Waals surface area contributed by atoms with Gasteiger partial charge in [0.15, 0.2) is 11.5 Å². The average Bonchev–Trinajstić information content (AvgIpc) is 2.92. The Labute approximate surface area is 113 Å². The first kappa shape index (κ1) is 13.7. The predicted molar refractivity (Wildman–Crippen MR) is 71.9 cm³/mol. The van der Waals surface area contributed by atoms with Gasteiger partial charge in [0, 0.05) is 0 Å². The van der Waals surface area contributed by atoms with Crippen LogP contribution in [0, 0.1) is 5.92 Å². The molecule has 2 rings (SSSR count). The van der Waals surface area contributed by atoms with Gasteiger partial charge in [-0.1, -0.05) is 18.9 Å². The van der Waals surface area contributed by atoms with Gasteiger partial charge in [0.25, 0.3) is 0 Å². The van der Waals surface area contributed by atoms with E-state index in [1.54, 1.807) is 26.4 Å². The quantitative estimate of drug-likeness (QED) is 0.888. The summed E-state index contributed by atoms with van der Waals surface area (Å²) in [5, 5.41) is 9.51. The van der Waals surface area contributed by atoms with Gasteiger partial charge in [-0.3, -0.25) is 4.79 Å². The van der Waals surface area contributed by atoms with Crippen molar-refractivity contribution in [3.05, 3.63) is 23.8 Å². The molecule has 1 unspecified atom stereocenters. The molecule has 1 aromatic rings. The summed E-state index contributed by atoms with van der Waals surface area (Å²) in [6.45, 7) is 0. The minimum Gasteiger partial charge on any atom is -0.493 e. The number of benzene rings is 1. The number of hydrogen-bond donors (Lipinski definition) is 1. The van der Waals surface area contributed by atoms with Crippen LogP contribution in [0.3, 0.4) is 0 Å². The maximum atomic E-state index is 11.6. The zero-order chi connectivity index (χ0) is 13.8. The normalized spacial score (nSPS) is 17.2. The van der Waals surface area contributed by atoms with Crippen LogP contribution in [-0.4, -0.2) is 25.3 Å². The third-order valence-electron chi connectivity index (χ3n) is 3.90. The van der Waals surface area contributed by atoms with Crippen molar-refractivity contribution >= 4 is 5.97 Å². The standard InChI is InChI=1S/C15H20O4/c1-18-12-8-7-11(9-13(12)19-2)14(15(16)17)10-5-3-4-6-10/h7-10,14H,3-6H2,1-2H3,(H,16,17). The monoisotopic (exact) mass is 264 g/mol. The lowest BCUT2D eigenvalue weighted by molar-refractivity contribution is -0.140. The van der Waals surface area contributed by atoms with E-state index in [-0.39, 0.29) is 5.92 Å². The molecule has 0 heterocycles. The number of carboxylic acid groups (broad SMARTS) is 1. The minimum absolute atomic E-state index is 0.232. The summed E-state index contributed by atoms with van der Waals surface area (Å²) in [7, 11) is 3.14. The topological polar surface area (TPSA) is 55.8 Å². The zero-order valence-corrected chi connectivity index (χ0v) is 11.4.